The van der Waals surface area contributed by atoms with Crippen LogP contribution in [0.3, 0.4) is 0 Å². The van der Waals surface area contributed by atoms with Crippen molar-refractivity contribution >= 4 is 8.07 Å². The zero-order chi connectivity index (χ0) is 7.61. The van der Waals surface area contributed by atoms with Crippen LogP contribution in [-0.4, -0.2) is 20.8 Å². The fraction of sp³-hybridized carbons (Fsp3) is 0.750. The maximum atomic E-state index is 5.09. The molecule has 0 spiro atoms. The van der Waals surface area contributed by atoms with E-state index in [0.29, 0.717) is 6.10 Å². The Hall–Kier alpha value is -0.0831. The van der Waals surface area contributed by atoms with Crippen LogP contribution in [0.2, 0.25) is 19.6 Å². The van der Waals surface area contributed by atoms with Crippen molar-refractivity contribution in [3.8, 4) is 0 Å². The van der Waals surface area contributed by atoms with Crippen LogP contribution in [0, 0.1) is 0 Å². The van der Waals surface area contributed by atoms with E-state index >= 15 is 0 Å². The van der Waals surface area contributed by atoms with Gasteiger partial charge in [-0.15, -0.1) is 0 Å². The van der Waals surface area contributed by atoms with E-state index < -0.39 is 8.07 Å². The molecule has 0 aromatic carbocycles. The van der Waals surface area contributed by atoms with Crippen LogP contribution in [0.15, 0.2) is 11.8 Å². The first-order valence-corrected chi connectivity index (χ1v) is 7.45. The number of epoxide rings is 1. The highest BCUT2D eigenvalue weighted by molar-refractivity contribution is 6.80. The van der Waals surface area contributed by atoms with Crippen LogP contribution in [0.1, 0.15) is 6.42 Å². The van der Waals surface area contributed by atoms with Gasteiger partial charge in [-0.1, -0.05) is 31.4 Å². The first-order chi connectivity index (χ1) is 4.58. The molecule has 1 aliphatic rings. The van der Waals surface area contributed by atoms with Gasteiger partial charge in [-0.05, 0) is 6.42 Å². The van der Waals surface area contributed by atoms with Gasteiger partial charge >= 0.3 is 0 Å². The van der Waals surface area contributed by atoms with Gasteiger partial charge in [0.15, 0.2) is 0 Å². The van der Waals surface area contributed by atoms with E-state index in [9.17, 15) is 0 Å². The molecule has 1 saturated heterocycles. The lowest BCUT2D eigenvalue weighted by Gasteiger charge is -2.07. The standard InChI is InChI=1S/C8H16OSi/c1-10(2,3)6-4-5-8-7-9-8/h4,6,8H,5,7H2,1-3H3/b6-4+. The molecule has 0 bridgehead atoms. The van der Waals surface area contributed by atoms with Gasteiger partial charge in [-0.3, -0.25) is 0 Å². The van der Waals surface area contributed by atoms with Crippen LogP contribution in [0.4, 0.5) is 0 Å². The zero-order valence-electron chi connectivity index (χ0n) is 7.05. The summed E-state index contributed by atoms with van der Waals surface area (Å²) in [6.07, 6.45) is 3.97. The lowest BCUT2D eigenvalue weighted by molar-refractivity contribution is 0.410. The molecular formula is C8H16OSi. The quantitative estimate of drug-likeness (QED) is 0.451. The minimum Gasteiger partial charge on any atom is -0.373 e. The first-order valence-electron chi connectivity index (χ1n) is 3.87. The largest absolute Gasteiger partial charge is 0.373 e. The molecule has 0 radical (unpaired) electrons. The van der Waals surface area contributed by atoms with E-state index in [0.717, 1.165) is 13.0 Å². The number of hydrogen-bond donors (Lipinski definition) is 0. The highest BCUT2D eigenvalue weighted by Gasteiger charge is 2.20. The van der Waals surface area contributed by atoms with Crippen molar-refractivity contribution in [1.29, 1.82) is 0 Å². The molecule has 0 saturated carbocycles. The van der Waals surface area contributed by atoms with E-state index in [1.54, 1.807) is 0 Å². The molecule has 58 valence electrons. The SMILES string of the molecule is C[Si](C)(C)/C=C/CC1CO1. The molecule has 0 aromatic heterocycles. The van der Waals surface area contributed by atoms with Crippen molar-refractivity contribution in [1.82, 2.24) is 0 Å². The minimum atomic E-state index is -0.932. The molecule has 1 atom stereocenters. The van der Waals surface area contributed by atoms with E-state index in [-0.39, 0.29) is 0 Å². The van der Waals surface area contributed by atoms with Crippen molar-refractivity contribution < 1.29 is 4.74 Å². The van der Waals surface area contributed by atoms with Crippen molar-refractivity contribution in [2.75, 3.05) is 6.61 Å². The molecule has 1 unspecified atom stereocenters. The van der Waals surface area contributed by atoms with Crippen molar-refractivity contribution in [2.45, 2.75) is 32.2 Å². The predicted molar refractivity (Wildman–Crippen MR) is 46.8 cm³/mol. The van der Waals surface area contributed by atoms with Gasteiger partial charge in [0, 0.05) is 0 Å². The highest BCUT2D eigenvalue weighted by atomic mass is 28.3. The van der Waals surface area contributed by atoms with Gasteiger partial charge in [0.2, 0.25) is 0 Å². The molecule has 1 aliphatic heterocycles. The Labute approximate surface area is 64.1 Å². The summed E-state index contributed by atoms with van der Waals surface area (Å²) in [5.74, 6) is 0. The maximum Gasteiger partial charge on any atom is 0.0844 e. The molecule has 1 heterocycles. The molecule has 0 aliphatic carbocycles. The summed E-state index contributed by atoms with van der Waals surface area (Å²) in [6.45, 7) is 8.02. The van der Waals surface area contributed by atoms with Crippen LogP contribution in [0.25, 0.3) is 0 Å². The van der Waals surface area contributed by atoms with Crippen molar-refractivity contribution in [2.24, 2.45) is 0 Å². The minimum absolute atomic E-state index is 0.563. The summed E-state index contributed by atoms with van der Waals surface area (Å²) < 4.78 is 5.09. The van der Waals surface area contributed by atoms with E-state index in [2.05, 4.69) is 31.4 Å². The Bertz CT molecular complexity index is 131. The van der Waals surface area contributed by atoms with E-state index in [1.165, 1.54) is 0 Å². The first kappa shape index (κ1) is 8.02. The predicted octanol–water partition coefficient (Wildman–Crippen LogP) is 2.21. The van der Waals surface area contributed by atoms with E-state index in [1.807, 2.05) is 0 Å². The summed E-state index contributed by atoms with van der Waals surface area (Å²) >= 11 is 0. The third-order valence-corrected chi connectivity index (χ3v) is 2.65. The summed E-state index contributed by atoms with van der Waals surface area (Å²) in [7, 11) is -0.932. The molecule has 1 fully saturated rings. The maximum absolute atomic E-state index is 5.09. The van der Waals surface area contributed by atoms with Gasteiger partial charge < -0.3 is 4.74 Å². The van der Waals surface area contributed by atoms with Crippen LogP contribution < -0.4 is 0 Å². The van der Waals surface area contributed by atoms with Crippen LogP contribution >= 0.6 is 0 Å². The molecule has 2 heteroatoms. The molecule has 1 rings (SSSR count). The normalized spacial score (nSPS) is 25.7. The van der Waals surface area contributed by atoms with Gasteiger partial charge in [0.1, 0.15) is 0 Å². The molecule has 0 aromatic rings. The molecule has 0 amide bonds. The molecule has 1 nitrogen and oxygen atoms in total. The summed E-state index contributed by atoms with van der Waals surface area (Å²) in [5.41, 5.74) is 2.38. The summed E-state index contributed by atoms with van der Waals surface area (Å²) in [6, 6.07) is 0. The average Bonchev–Trinajstić information content (AvgIpc) is 2.45. The lowest BCUT2D eigenvalue weighted by Crippen LogP contribution is -2.15. The Morgan fingerprint density at radius 2 is 2.10 bits per heavy atom. The van der Waals surface area contributed by atoms with Gasteiger partial charge in [-0.25, -0.2) is 0 Å². The topological polar surface area (TPSA) is 12.5 Å². The Morgan fingerprint density at radius 1 is 1.50 bits per heavy atom. The van der Waals surface area contributed by atoms with E-state index in [4.69, 9.17) is 4.74 Å². The van der Waals surface area contributed by atoms with Crippen LogP contribution in [0.5, 0.6) is 0 Å². The summed E-state index contributed by atoms with van der Waals surface area (Å²) in [5, 5.41) is 0. The van der Waals surface area contributed by atoms with Crippen LogP contribution in [-0.2, 0) is 4.74 Å². The van der Waals surface area contributed by atoms with Crippen molar-refractivity contribution in [3.05, 3.63) is 11.8 Å². The molecular weight excluding hydrogens is 140 g/mol. The third kappa shape index (κ3) is 3.85. The number of hydrogen-bond acceptors (Lipinski definition) is 1. The fourth-order valence-electron chi connectivity index (χ4n) is 0.777. The lowest BCUT2D eigenvalue weighted by atomic mass is 10.3. The Morgan fingerprint density at radius 3 is 2.50 bits per heavy atom. The van der Waals surface area contributed by atoms with Gasteiger partial charge in [-0.2, -0.15) is 0 Å². The number of rotatable bonds is 3. The zero-order valence-corrected chi connectivity index (χ0v) is 8.05. The second-order valence-electron chi connectivity index (χ2n) is 3.96. The Kier molecular flexibility index (Phi) is 2.31. The average molecular weight is 156 g/mol. The third-order valence-electron chi connectivity index (χ3n) is 1.42. The van der Waals surface area contributed by atoms with Gasteiger partial charge in [0.25, 0.3) is 0 Å². The fourth-order valence-corrected chi connectivity index (χ4v) is 1.62. The Balaban J connectivity index is 2.15. The van der Waals surface area contributed by atoms with Crippen molar-refractivity contribution in [3.63, 3.8) is 0 Å². The summed E-state index contributed by atoms with van der Waals surface area (Å²) in [4.78, 5) is 0. The smallest absolute Gasteiger partial charge is 0.0844 e. The molecule has 10 heavy (non-hydrogen) atoms. The highest BCUT2D eigenvalue weighted by Crippen LogP contribution is 2.14. The second kappa shape index (κ2) is 2.89. The van der Waals surface area contributed by atoms with Gasteiger partial charge in [0.05, 0.1) is 20.8 Å². The molecule has 0 N–H and O–H groups in total. The number of ether oxygens (including phenoxy) is 1. The monoisotopic (exact) mass is 156 g/mol. The second-order valence-corrected chi connectivity index (χ2v) is 9.02.